The normalized spacial score (nSPS) is 12.2. The quantitative estimate of drug-likeness (QED) is 0.904. The minimum Gasteiger partial charge on any atom is -0.491 e. The highest BCUT2D eigenvalue weighted by atomic mass is 16.5. The van der Waals surface area contributed by atoms with Gasteiger partial charge in [-0.15, -0.1) is 0 Å². The molecular formula is C17H21NO. The van der Waals surface area contributed by atoms with E-state index in [-0.39, 0.29) is 6.04 Å². The second-order valence-corrected chi connectivity index (χ2v) is 5.06. The highest BCUT2D eigenvalue weighted by Gasteiger charge is 2.09. The Labute approximate surface area is 115 Å². The van der Waals surface area contributed by atoms with Crippen LogP contribution in [0.3, 0.4) is 0 Å². The molecule has 1 unspecified atom stereocenters. The van der Waals surface area contributed by atoms with Crippen LogP contribution in [0.5, 0.6) is 5.75 Å². The number of ether oxygens (including phenoxy) is 1. The van der Waals surface area contributed by atoms with E-state index in [4.69, 9.17) is 10.5 Å². The van der Waals surface area contributed by atoms with Crippen molar-refractivity contribution in [1.82, 2.24) is 0 Å². The van der Waals surface area contributed by atoms with Gasteiger partial charge in [0.1, 0.15) is 12.4 Å². The van der Waals surface area contributed by atoms with Gasteiger partial charge in [-0.2, -0.15) is 0 Å². The van der Waals surface area contributed by atoms with Crippen molar-refractivity contribution in [2.75, 3.05) is 6.61 Å². The van der Waals surface area contributed by atoms with E-state index in [1.165, 1.54) is 5.56 Å². The van der Waals surface area contributed by atoms with Crippen LogP contribution in [0.1, 0.15) is 28.3 Å². The lowest BCUT2D eigenvalue weighted by Crippen LogP contribution is -2.19. The maximum atomic E-state index is 6.15. The molecule has 2 rings (SSSR count). The van der Waals surface area contributed by atoms with Crippen LogP contribution in [-0.4, -0.2) is 6.61 Å². The minimum atomic E-state index is -0.0960. The van der Waals surface area contributed by atoms with Gasteiger partial charge in [-0.1, -0.05) is 48.0 Å². The molecule has 100 valence electrons. The van der Waals surface area contributed by atoms with E-state index in [1.54, 1.807) is 0 Å². The summed E-state index contributed by atoms with van der Waals surface area (Å²) in [6.07, 6.45) is 0. The first-order valence-electron chi connectivity index (χ1n) is 6.59. The molecule has 2 aromatic carbocycles. The summed E-state index contributed by atoms with van der Waals surface area (Å²) in [5.41, 5.74) is 10.8. The summed E-state index contributed by atoms with van der Waals surface area (Å²) in [5.74, 6) is 0.956. The Hall–Kier alpha value is -1.80. The van der Waals surface area contributed by atoms with E-state index in [2.05, 4.69) is 32.9 Å². The molecule has 0 fully saturated rings. The molecule has 0 saturated heterocycles. The van der Waals surface area contributed by atoms with Gasteiger partial charge in [-0.3, -0.25) is 0 Å². The molecule has 0 amide bonds. The average Bonchev–Trinajstić information content (AvgIpc) is 2.38. The molecule has 2 heteroatoms. The Balaban J connectivity index is 2.07. The van der Waals surface area contributed by atoms with Crippen LogP contribution in [0.4, 0.5) is 0 Å². The summed E-state index contributed by atoms with van der Waals surface area (Å²) in [5, 5.41) is 0. The molecule has 0 spiro atoms. The van der Waals surface area contributed by atoms with Crippen LogP contribution in [-0.2, 0) is 0 Å². The summed E-state index contributed by atoms with van der Waals surface area (Å²) >= 11 is 0. The zero-order valence-corrected chi connectivity index (χ0v) is 11.8. The second kappa shape index (κ2) is 5.89. The smallest absolute Gasteiger partial charge is 0.125 e. The number of nitrogens with two attached hydrogens (primary N) is 1. The first kappa shape index (κ1) is 13.6. The van der Waals surface area contributed by atoms with E-state index < -0.39 is 0 Å². The van der Waals surface area contributed by atoms with Crippen molar-refractivity contribution in [3.8, 4) is 5.75 Å². The molecule has 0 heterocycles. The Kier molecular flexibility index (Phi) is 4.23. The van der Waals surface area contributed by atoms with Gasteiger partial charge in [0.15, 0.2) is 0 Å². The van der Waals surface area contributed by atoms with Gasteiger partial charge >= 0.3 is 0 Å². The Morgan fingerprint density at radius 3 is 2.16 bits per heavy atom. The highest BCUT2D eigenvalue weighted by molar-refractivity contribution is 5.43. The van der Waals surface area contributed by atoms with E-state index in [0.717, 1.165) is 22.4 Å². The predicted octanol–water partition coefficient (Wildman–Crippen LogP) is 3.69. The first-order chi connectivity index (χ1) is 9.08. The van der Waals surface area contributed by atoms with Crippen molar-refractivity contribution in [3.63, 3.8) is 0 Å². The van der Waals surface area contributed by atoms with Crippen molar-refractivity contribution in [2.24, 2.45) is 5.73 Å². The summed E-state index contributed by atoms with van der Waals surface area (Å²) in [7, 11) is 0. The topological polar surface area (TPSA) is 35.2 Å². The fourth-order valence-corrected chi connectivity index (χ4v) is 2.36. The Bertz CT molecular complexity index is 525. The van der Waals surface area contributed by atoms with E-state index in [0.29, 0.717) is 6.61 Å². The molecule has 2 N–H and O–H groups in total. The SMILES string of the molecule is Cc1cc(C)c(OCC(N)c2ccccc2)c(C)c1. The molecule has 0 aliphatic carbocycles. The van der Waals surface area contributed by atoms with Crippen LogP contribution in [0.2, 0.25) is 0 Å². The van der Waals surface area contributed by atoms with Crippen LogP contribution < -0.4 is 10.5 Å². The zero-order valence-electron chi connectivity index (χ0n) is 11.8. The second-order valence-electron chi connectivity index (χ2n) is 5.06. The summed E-state index contributed by atoms with van der Waals surface area (Å²) in [6, 6.07) is 14.2. The summed E-state index contributed by atoms with van der Waals surface area (Å²) < 4.78 is 5.91. The maximum absolute atomic E-state index is 6.15. The molecule has 0 aliphatic heterocycles. The number of aryl methyl sites for hydroxylation is 3. The van der Waals surface area contributed by atoms with Gasteiger partial charge in [0, 0.05) is 0 Å². The molecule has 0 aliphatic rings. The Morgan fingerprint density at radius 2 is 1.58 bits per heavy atom. The van der Waals surface area contributed by atoms with Crippen molar-refractivity contribution >= 4 is 0 Å². The van der Waals surface area contributed by atoms with Crippen molar-refractivity contribution in [2.45, 2.75) is 26.8 Å². The molecule has 0 bridgehead atoms. The lowest BCUT2D eigenvalue weighted by molar-refractivity contribution is 0.287. The van der Waals surface area contributed by atoms with Gasteiger partial charge in [-0.25, -0.2) is 0 Å². The maximum Gasteiger partial charge on any atom is 0.125 e. The molecule has 0 saturated carbocycles. The monoisotopic (exact) mass is 255 g/mol. The summed E-state index contributed by atoms with van der Waals surface area (Å²) in [6.45, 7) is 6.74. The van der Waals surface area contributed by atoms with Crippen molar-refractivity contribution < 1.29 is 4.74 Å². The van der Waals surface area contributed by atoms with Crippen LogP contribution in [0, 0.1) is 20.8 Å². The number of benzene rings is 2. The molecule has 1 atom stereocenters. The van der Waals surface area contributed by atoms with Gasteiger partial charge in [0.05, 0.1) is 6.04 Å². The van der Waals surface area contributed by atoms with Crippen LogP contribution in [0.15, 0.2) is 42.5 Å². The molecule has 0 aromatic heterocycles. The molecule has 2 aromatic rings. The van der Waals surface area contributed by atoms with E-state index >= 15 is 0 Å². The van der Waals surface area contributed by atoms with Crippen LogP contribution >= 0.6 is 0 Å². The third kappa shape index (κ3) is 3.36. The van der Waals surface area contributed by atoms with Gasteiger partial charge in [-0.05, 0) is 37.5 Å². The lowest BCUT2D eigenvalue weighted by Gasteiger charge is -2.17. The standard InChI is InChI=1S/C17H21NO/c1-12-9-13(2)17(14(3)10-12)19-11-16(18)15-7-5-4-6-8-15/h4-10,16H,11,18H2,1-3H3. The van der Waals surface area contributed by atoms with E-state index in [9.17, 15) is 0 Å². The van der Waals surface area contributed by atoms with Crippen molar-refractivity contribution in [1.29, 1.82) is 0 Å². The third-order valence-electron chi connectivity index (χ3n) is 3.24. The first-order valence-corrected chi connectivity index (χ1v) is 6.59. The minimum absolute atomic E-state index is 0.0960. The van der Waals surface area contributed by atoms with Gasteiger partial charge < -0.3 is 10.5 Å². The molecule has 0 radical (unpaired) electrons. The number of hydrogen-bond acceptors (Lipinski definition) is 2. The lowest BCUT2D eigenvalue weighted by atomic mass is 10.1. The molecule has 19 heavy (non-hydrogen) atoms. The highest BCUT2D eigenvalue weighted by Crippen LogP contribution is 2.25. The third-order valence-corrected chi connectivity index (χ3v) is 3.24. The average molecular weight is 255 g/mol. The summed E-state index contributed by atoms with van der Waals surface area (Å²) in [4.78, 5) is 0. The Morgan fingerprint density at radius 1 is 1.00 bits per heavy atom. The van der Waals surface area contributed by atoms with Gasteiger partial charge in [0.2, 0.25) is 0 Å². The predicted molar refractivity (Wildman–Crippen MR) is 79.5 cm³/mol. The van der Waals surface area contributed by atoms with Gasteiger partial charge in [0.25, 0.3) is 0 Å². The van der Waals surface area contributed by atoms with Crippen molar-refractivity contribution in [3.05, 3.63) is 64.7 Å². The number of rotatable bonds is 4. The van der Waals surface area contributed by atoms with E-state index in [1.807, 2.05) is 30.3 Å². The largest absolute Gasteiger partial charge is 0.491 e. The fourth-order valence-electron chi connectivity index (χ4n) is 2.36. The molecular weight excluding hydrogens is 234 g/mol. The fraction of sp³-hybridized carbons (Fsp3) is 0.294. The number of hydrogen-bond donors (Lipinski definition) is 1. The molecule has 2 nitrogen and oxygen atoms in total. The van der Waals surface area contributed by atoms with Crippen LogP contribution in [0.25, 0.3) is 0 Å². The zero-order chi connectivity index (χ0) is 13.8.